The van der Waals surface area contributed by atoms with Gasteiger partial charge in [-0.25, -0.2) is 19.7 Å². The second-order valence-corrected chi connectivity index (χ2v) is 8.96. The lowest BCUT2D eigenvalue weighted by Gasteiger charge is -2.31. The number of rotatable bonds is 4. The van der Waals surface area contributed by atoms with E-state index in [1.54, 1.807) is 4.57 Å². The van der Waals surface area contributed by atoms with E-state index in [9.17, 15) is 15.0 Å². The van der Waals surface area contributed by atoms with E-state index in [1.807, 2.05) is 0 Å². The fourth-order valence-electron chi connectivity index (χ4n) is 2.62. The topological polar surface area (TPSA) is 132 Å². The molecule has 0 bridgehead atoms. The second kappa shape index (κ2) is 7.77. The van der Waals surface area contributed by atoms with Crippen LogP contribution in [0, 0.1) is 0 Å². The summed E-state index contributed by atoms with van der Waals surface area (Å²) in [4.78, 5) is 24.6. The van der Waals surface area contributed by atoms with Gasteiger partial charge in [0.25, 0.3) is 0 Å². The predicted molar refractivity (Wildman–Crippen MR) is 101 cm³/mol. The van der Waals surface area contributed by atoms with Gasteiger partial charge in [-0.2, -0.15) is 0 Å². The van der Waals surface area contributed by atoms with E-state index in [1.165, 1.54) is 26.5 Å². The molecule has 10 nitrogen and oxygen atoms in total. The molecule has 0 saturated carbocycles. The Bertz CT molecular complexity index is 871. The van der Waals surface area contributed by atoms with Gasteiger partial charge in [-0.3, -0.25) is 9.88 Å². The molecular formula is C15H18Cl3N5O5. The number of carbonyl (C=O) groups is 1. The minimum absolute atomic E-state index is 0.0890. The van der Waals surface area contributed by atoms with Gasteiger partial charge < -0.3 is 19.7 Å². The molecule has 3 rings (SSSR count). The molecule has 0 aromatic carbocycles. The molecule has 1 saturated heterocycles. The lowest BCUT2D eigenvalue weighted by Crippen LogP contribution is -2.42. The first-order chi connectivity index (χ1) is 13.0. The summed E-state index contributed by atoms with van der Waals surface area (Å²) in [6.07, 6.45) is -0.0484. The van der Waals surface area contributed by atoms with Gasteiger partial charge in [-0.05, 0) is 13.8 Å². The molecule has 0 unspecified atom stereocenters. The molecule has 28 heavy (non-hydrogen) atoms. The van der Waals surface area contributed by atoms with E-state index >= 15 is 0 Å². The van der Waals surface area contributed by atoms with Gasteiger partial charge >= 0.3 is 6.09 Å². The maximum Gasteiger partial charge on any atom is 0.413 e. The summed E-state index contributed by atoms with van der Waals surface area (Å²) in [6.45, 7) is 2.59. The van der Waals surface area contributed by atoms with Crippen molar-refractivity contribution in [2.24, 2.45) is 0 Å². The van der Waals surface area contributed by atoms with Crippen molar-refractivity contribution in [1.82, 2.24) is 19.5 Å². The Morgan fingerprint density at radius 2 is 2.11 bits per heavy atom. The van der Waals surface area contributed by atoms with Gasteiger partial charge in [0, 0.05) is 6.42 Å². The van der Waals surface area contributed by atoms with Crippen molar-refractivity contribution in [1.29, 1.82) is 0 Å². The van der Waals surface area contributed by atoms with Crippen LogP contribution in [-0.4, -0.2) is 64.0 Å². The Morgan fingerprint density at radius 1 is 1.39 bits per heavy atom. The molecule has 13 heteroatoms. The maximum atomic E-state index is 12.2. The van der Waals surface area contributed by atoms with Gasteiger partial charge in [0.1, 0.15) is 18.7 Å². The lowest BCUT2D eigenvalue weighted by atomic mass is 10.2. The van der Waals surface area contributed by atoms with E-state index in [4.69, 9.17) is 44.3 Å². The van der Waals surface area contributed by atoms with Crippen molar-refractivity contribution in [3.8, 4) is 0 Å². The van der Waals surface area contributed by atoms with Crippen LogP contribution in [0.25, 0.3) is 11.2 Å². The Hall–Kier alpha value is -1.43. The molecule has 3 heterocycles. The van der Waals surface area contributed by atoms with Crippen molar-refractivity contribution in [2.45, 2.75) is 48.1 Å². The van der Waals surface area contributed by atoms with Gasteiger partial charge in [0.2, 0.25) is 3.79 Å². The Kier molecular flexibility index (Phi) is 5.91. The number of aliphatic hydroxyl groups is 2. The molecule has 0 radical (unpaired) electrons. The van der Waals surface area contributed by atoms with Crippen LogP contribution in [0.5, 0.6) is 0 Å². The number of imidazole rings is 1. The van der Waals surface area contributed by atoms with E-state index in [0.717, 1.165) is 0 Å². The summed E-state index contributed by atoms with van der Waals surface area (Å²) in [5, 5.41) is 21.6. The fourth-order valence-corrected chi connectivity index (χ4v) is 2.73. The zero-order valence-electron chi connectivity index (χ0n) is 14.8. The third-order valence-corrected chi connectivity index (χ3v) is 5.67. The maximum absolute atomic E-state index is 12.2. The highest BCUT2D eigenvalue weighted by Gasteiger charge is 2.44. The molecule has 1 aliphatic heterocycles. The smallest absolute Gasteiger partial charge is 0.413 e. The van der Waals surface area contributed by atoms with Crippen molar-refractivity contribution >= 4 is 57.9 Å². The second-order valence-electron chi connectivity index (χ2n) is 6.68. The van der Waals surface area contributed by atoms with Crippen LogP contribution in [0.1, 0.15) is 26.5 Å². The minimum Gasteiger partial charge on any atom is -0.439 e. The first kappa shape index (κ1) is 21.3. The van der Waals surface area contributed by atoms with Crippen LogP contribution in [0.2, 0.25) is 0 Å². The van der Waals surface area contributed by atoms with Crippen molar-refractivity contribution in [3.63, 3.8) is 0 Å². The average molecular weight is 455 g/mol. The quantitative estimate of drug-likeness (QED) is 0.599. The molecule has 2 aromatic rings. The molecule has 1 fully saturated rings. The van der Waals surface area contributed by atoms with E-state index in [-0.39, 0.29) is 24.4 Å². The largest absolute Gasteiger partial charge is 0.439 e. The molecule has 2 aromatic heterocycles. The zero-order valence-corrected chi connectivity index (χ0v) is 17.1. The van der Waals surface area contributed by atoms with Gasteiger partial charge in [-0.1, -0.05) is 34.8 Å². The molecule has 0 aliphatic carbocycles. The van der Waals surface area contributed by atoms with Crippen LogP contribution in [0.15, 0.2) is 12.7 Å². The van der Waals surface area contributed by atoms with Gasteiger partial charge in [0.05, 0.1) is 19.0 Å². The SMILES string of the molecule is CC(C)(OC(=O)Nc1ncnc2c1ncn2[C@H]1C[C@H](O)[C@@H](CO)O1)C(Cl)(Cl)Cl. The number of ether oxygens (including phenoxy) is 2. The summed E-state index contributed by atoms with van der Waals surface area (Å²) >= 11 is 17.4. The molecule has 0 spiro atoms. The first-order valence-corrected chi connectivity index (χ1v) is 9.35. The number of anilines is 1. The summed E-state index contributed by atoms with van der Waals surface area (Å²) < 4.78 is 10.5. The van der Waals surface area contributed by atoms with Crippen LogP contribution in [-0.2, 0) is 9.47 Å². The summed E-state index contributed by atoms with van der Waals surface area (Å²) in [6, 6.07) is 0. The summed E-state index contributed by atoms with van der Waals surface area (Å²) in [5.41, 5.74) is -0.765. The summed E-state index contributed by atoms with van der Waals surface area (Å²) in [5.74, 6) is 0.0890. The number of hydrogen-bond acceptors (Lipinski definition) is 8. The van der Waals surface area contributed by atoms with Crippen LogP contribution in [0.4, 0.5) is 10.6 Å². The van der Waals surface area contributed by atoms with E-state index in [2.05, 4.69) is 20.3 Å². The van der Waals surface area contributed by atoms with Crippen LogP contribution < -0.4 is 5.32 Å². The first-order valence-electron chi connectivity index (χ1n) is 8.22. The highest BCUT2D eigenvalue weighted by molar-refractivity contribution is 6.68. The number of aliphatic hydroxyl groups excluding tert-OH is 2. The zero-order chi connectivity index (χ0) is 20.7. The number of carbonyl (C=O) groups excluding carboxylic acids is 1. The third kappa shape index (κ3) is 4.12. The normalized spacial score (nSPS) is 23.2. The van der Waals surface area contributed by atoms with Crippen LogP contribution >= 0.6 is 34.8 Å². The third-order valence-electron chi connectivity index (χ3n) is 4.30. The average Bonchev–Trinajstić information content (AvgIpc) is 3.17. The molecule has 154 valence electrons. The number of aromatic nitrogens is 4. The number of amides is 1. The number of halogens is 3. The number of hydrogen-bond donors (Lipinski definition) is 3. The minimum atomic E-state index is -1.84. The van der Waals surface area contributed by atoms with Crippen LogP contribution in [0.3, 0.4) is 0 Å². The molecule has 1 aliphatic rings. The predicted octanol–water partition coefficient (Wildman–Crippen LogP) is 2.16. The fraction of sp³-hybridized carbons (Fsp3) is 0.600. The van der Waals surface area contributed by atoms with Crippen molar-refractivity contribution in [2.75, 3.05) is 11.9 Å². The number of fused-ring (bicyclic) bond motifs is 1. The Labute approximate surface area is 174 Å². The highest BCUT2D eigenvalue weighted by Crippen LogP contribution is 2.40. The Balaban J connectivity index is 1.81. The number of nitrogens with zero attached hydrogens (tertiary/aromatic N) is 4. The molecule has 1 amide bonds. The van der Waals surface area contributed by atoms with Crippen molar-refractivity contribution < 1.29 is 24.5 Å². The highest BCUT2D eigenvalue weighted by atomic mass is 35.6. The van der Waals surface area contributed by atoms with E-state index < -0.39 is 33.9 Å². The van der Waals surface area contributed by atoms with Gasteiger partial charge in [-0.15, -0.1) is 0 Å². The molecular weight excluding hydrogens is 437 g/mol. The van der Waals surface area contributed by atoms with Crippen molar-refractivity contribution in [3.05, 3.63) is 12.7 Å². The standard InChI is InChI=1S/C15H18Cl3N5O5/c1-14(2,15(16,17)18)28-13(26)22-11-10-12(20-5-19-11)23(6-21-10)9-3-7(25)8(4-24)27-9/h5-9,24-25H,3-4H2,1-2H3,(H,19,20,22,26)/t7-,8+,9+/m0/s1. The summed E-state index contributed by atoms with van der Waals surface area (Å²) in [7, 11) is 0. The monoisotopic (exact) mass is 453 g/mol. The van der Waals surface area contributed by atoms with Gasteiger partial charge in [0.15, 0.2) is 22.6 Å². The Morgan fingerprint density at radius 3 is 2.71 bits per heavy atom. The number of nitrogens with one attached hydrogen (secondary N) is 1. The number of alkyl halides is 3. The lowest BCUT2D eigenvalue weighted by molar-refractivity contribution is -0.0432. The molecule has 3 atom stereocenters. The van der Waals surface area contributed by atoms with E-state index in [0.29, 0.717) is 5.65 Å². The molecule has 3 N–H and O–H groups in total.